The highest BCUT2D eigenvalue weighted by molar-refractivity contribution is 6.30. The van der Waals surface area contributed by atoms with Crippen molar-refractivity contribution >= 4 is 17.6 Å². The van der Waals surface area contributed by atoms with Crippen LogP contribution in [0.3, 0.4) is 0 Å². The van der Waals surface area contributed by atoms with Crippen LogP contribution >= 0.6 is 11.6 Å². The first-order valence-corrected chi connectivity index (χ1v) is 9.36. The van der Waals surface area contributed by atoms with Gasteiger partial charge in [0.25, 0.3) is 5.56 Å². The van der Waals surface area contributed by atoms with Crippen LogP contribution in [0.4, 0.5) is 0 Å². The van der Waals surface area contributed by atoms with Gasteiger partial charge in [0, 0.05) is 23.8 Å². The quantitative estimate of drug-likeness (QED) is 0.864. The summed E-state index contributed by atoms with van der Waals surface area (Å²) in [5, 5.41) is 9.90. The van der Waals surface area contributed by atoms with Crippen LogP contribution in [-0.2, 0) is 6.54 Å². The molecule has 1 aromatic carbocycles. The van der Waals surface area contributed by atoms with E-state index in [4.69, 9.17) is 11.6 Å². The van der Waals surface area contributed by atoms with Crippen LogP contribution in [0.25, 0.3) is 0 Å². The van der Waals surface area contributed by atoms with Gasteiger partial charge in [0.15, 0.2) is 0 Å². The molecule has 1 aromatic heterocycles. The standard InChI is InChI=1S/C20H23ClN2O3/c21-17-8-5-15(6-9-17)18(22-11-3-1-2-4-12-22)14-23-13-16(20(25)26)7-10-19(23)24/h5-10,13,18H,1-4,11-12,14H2,(H,25,26)/t18-/m1/s1. The SMILES string of the molecule is O=C(O)c1ccc(=O)n(C[C@H](c2ccc(Cl)cc2)N2CCCCCC2)c1. The van der Waals surface area contributed by atoms with Gasteiger partial charge in [-0.3, -0.25) is 9.69 Å². The Morgan fingerprint density at radius 2 is 1.69 bits per heavy atom. The van der Waals surface area contributed by atoms with Crippen molar-refractivity contribution in [3.8, 4) is 0 Å². The van der Waals surface area contributed by atoms with E-state index in [9.17, 15) is 14.7 Å². The number of halogens is 1. The Labute approximate surface area is 157 Å². The minimum Gasteiger partial charge on any atom is -0.478 e. The number of aromatic nitrogens is 1. The lowest BCUT2D eigenvalue weighted by Crippen LogP contribution is -2.35. The van der Waals surface area contributed by atoms with E-state index in [-0.39, 0.29) is 17.2 Å². The largest absolute Gasteiger partial charge is 0.478 e. The molecule has 1 atom stereocenters. The smallest absolute Gasteiger partial charge is 0.337 e. The van der Waals surface area contributed by atoms with Gasteiger partial charge < -0.3 is 9.67 Å². The lowest BCUT2D eigenvalue weighted by Gasteiger charge is -2.31. The topological polar surface area (TPSA) is 62.5 Å². The van der Waals surface area contributed by atoms with E-state index in [1.807, 2.05) is 24.3 Å². The van der Waals surface area contributed by atoms with Crippen LogP contribution in [0.15, 0.2) is 47.4 Å². The molecular formula is C20H23ClN2O3. The average molecular weight is 375 g/mol. The number of likely N-dealkylation sites (tertiary alicyclic amines) is 1. The van der Waals surface area contributed by atoms with E-state index in [0.717, 1.165) is 31.5 Å². The van der Waals surface area contributed by atoms with Crippen LogP contribution in [0.2, 0.25) is 5.02 Å². The molecule has 2 aromatic rings. The Bertz CT molecular complexity index is 809. The normalized spacial score (nSPS) is 16.8. The number of aromatic carboxylic acids is 1. The molecular weight excluding hydrogens is 352 g/mol. The van der Waals surface area contributed by atoms with Gasteiger partial charge in [-0.15, -0.1) is 0 Å². The van der Waals surface area contributed by atoms with Crippen molar-refractivity contribution in [1.29, 1.82) is 0 Å². The predicted octanol–water partition coefficient (Wildman–Crippen LogP) is 3.82. The minimum atomic E-state index is -1.03. The molecule has 0 amide bonds. The number of nitrogens with zero attached hydrogens (tertiary/aromatic N) is 2. The van der Waals surface area contributed by atoms with E-state index < -0.39 is 5.97 Å². The van der Waals surface area contributed by atoms with Crippen molar-refractivity contribution in [3.05, 3.63) is 69.1 Å². The third kappa shape index (κ3) is 4.54. The first-order chi connectivity index (χ1) is 12.5. The third-order valence-corrected chi connectivity index (χ3v) is 5.19. The molecule has 1 aliphatic heterocycles. The van der Waals surface area contributed by atoms with Crippen LogP contribution in [0, 0.1) is 0 Å². The Hall–Kier alpha value is -2.11. The van der Waals surface area contributed by atoms with Crippen molar-refractivity contribution < 1.29 is 9.90 Å². The summed E-state index contributed by atoms with van der Waals surface area (Å²) in [6, 6.07) is 10.4. The number of rotatable bonds is 5. The van der Waals surface area contributed by atoms with E-state index >= 15 is 0 Å². The summed E-state index contributed by atoms with van der Waals surface area (Å²) in [5.74, 6) is -1.03. The number of carbonyl (C=O) groups is 1. The van der Waals surface area contributed by atoms with Gasteiger partial charge in [-0.05, 0) is 49.7 Å². The molecule has 6 heteroatoms. The maximum absolute atomic E-state index is 12.3. The molecule has 0 unspecified atom stereocenters. The fourth-order valence-electron chi connectivity index (χ4n) is 3.51. The molecule has 0 radical (unpaired) electrons. The summed E-state index contributed by atoms with van der Waals surface area (Å²) in [6.07, 6.45) is 6.14. The summed E-state index contributed by atoms with van der Waals surface area (Å²) in [7, 11) is 0. The van der Waals surface area contributed by atoms with E-state index in [1.165, 1.54) is 35.7 Å². The minimum absolute atomic E-state index is 0.00658. The lowest BCUT2D eigenvalue weighted by molar-refractivity contribution is 0.0695. The molecule has 1 aliphatic rings. The van der Waals surface area contributed by atoms with Crippen molar-refractivity contribution in [2.45, 2.75) is 38.3 Å². The number of carboxylic acid groups (broad SMARTS) is 1. The highest BCUT2D eigenvalue weighted by atomic mass is 35.5. The summed E-state index contributed by atoms with van der Waals surface area (Å²) >= 11 is 6.04. The number of hydrogen-bond acceptors (Lipinski definition) is 3. The summed E-state index contributed by atoms with van der Waals surface area (Å²) in [5.41, 5.74) is 1.02. The third-order valence-electron chi connectivity index (χ3n) is 4.94. The van der Waals surface area contributed by atoms with Crippen LogP contribution in [0.5, 0.6) is 0 Å². The predicted molar refractivity (Wildman–Crippen MR) is 102 cm³/mol. The number of hydrogen-bond donors (Lipinski definition) is 1. The van der Waals surface area contributed by atoms with Crippen LogP contribution < -0.4 is 5.56 Å². The van der Waals surface area contributed by atoms with Gasteiger partial charge >= 0.3 is 5.97 Å². The fourth-order valence-corrected chi connectivity index (χ4v) is 3.64. The zero-order valence-electron chi connectivity index (χ0n) is 14.6. The highest BCUT2D eigenvalue weighted by Gasteiger charge is 2.22. The van der Waals surface area contributed by atoms with Crippen molar-refractivity contribution in [2.75, 3.05) is 13.1 Å². The van der Waals surface area contributed by atoms with E-state index in [1.54, 1.807) is 0 Å². The van der Waals surface area contributed by atoms with Crippen molar-refractivity contribution in [2.24, 2.45) is 0 Å². The summed E-state index contributed by atoms with van der Waals surface area (Å²) in [6.45, 7) is 2.36. The van der Waals surface area contributed by atoms with Crippen molar-refractivity contribution in [1.82, 2.24) is 9.47 Å². The van der Waals surface area contributed by atoms with Gasteiger partial charge in [0.1, 0.15) is 0 Å². The molecule has 1 N–H and O–H groups in total. The number of carboxylic acids is 1. The van der Waals surface area contributed by atoms with E-state index in [0.29, 0.717) is 11.6 Å². The molecule has 1 saturated heterocycles. The molecule has 1 fully saturated rings. The van der Waals surface area contributed by atoms with Gasteiger partial charge in [-0.2, -0.15) is 0 Å². The molecule has 0 spiro atoms. The molecule has 26 heavy (non-hydrogen) atoms. The Morgan fingerprint density at radius 3 is 2.31 bits per heavy atom. The summed E-state index contributed by atoms with van der Waals surface area (Å²) in [4.78, 5) is 26.0. The van der Waals surface area contributed by atoms with E-state index in [2.05, 4.69) is 4.90 Å². The maximum atomic E-state index is 12.3. The molecule has 138 valence electrons. The fraction of sp³-hybridized carbons (Fsp3) is 0.400. The average Bonchev–Trinajstić information content (AvgIpc) is 2.91. The second-order valence-electron chi connectivity index (χ2n) is 6.73. The second-order valence-corrected chi connectivity index (χ2v) is 7.17. The monoisotopic (exact) mass is 374 g/mol. The first kappa shape index (κ1) is 18.7. The van der Waals surface area contributed by atoms with Crippen LogP contribution in [0.1, 0.15) is 47.6 Å². The first-order valence-electron chi connectivity index (χ1n) is 8.98. The van der Waals surface area contributed by atoms with Gasteiger partial charge in [-0.1, -0.05) is 36.6 Å². The number of benzene rings is 1. The lowest BCUT2D eigenvalue weighted by atomic mass is 10.0. The van der Waals surface area contributed by atoms with Crippen LogP contribution in [-0.4, -0.2) is 33.6 Å². The zero-order valence-corrected chi connectivity index (χ0v) is 15.4. The molecule has 5 nitrogen and oxygen atoms in total. The highest BCUT2D eigenvalue weighted by Crippen LogP contribution is 2.27. The molecule has 2 heterocycles. The molecule has 0 saturated carbocycles. The zero-order chi connectivity index (χ0) is 18.5. The van der Waals surface area contributed by atoms with Crippen molar-refractivity contribution in [3.63, 3.8) is 0 Å². The second kappa shape index (κ2) is 8.52. The van der Waals surface area contributed by atoms with Gasteiger partial charge in [-0.25, -0.2) is 4.79 Å². The Balaban J connectivity index is 1.95. The molecule has 3 rings (SSSR count). The Morgan fingerprint density at radius 1 is 1.04 bits per heavy atom. The number of pyridine rings is 1. The van der Waals surface area contributed by atoms with Gasteiger partial charge in [0.05, 0.1) is 11.6 Å². The summed E-state index contributed by atoms with van der Waals surface area (Å²) < 4.78 is 1.51. The molecule has 0 bridgehead atoms. The Kier molecular flexibility index (Phi) is 6.12. The van der Waals surface area contributed by atoms with Gasteiger partial charge in [0.2, 0.25) is 0 Å². The molecule has 0 aliphatic carbocycles. The maximum Gasteiger partial charge on any atom is 0.337 e.